The minimum atomic E-state index is -0.255. The molecule has 3 N–H and O–H groups in total. The van der Waals surface area contributed by atoms with Crippen molar-refractivity contribution in [2.75, 3.05) is 26.2 Å². The van der Waals surface area contributed by atoms with E-state index in [9.17, 15) is 4.79 Å². The third-order valence-corrected chi connectivity index (χ3v) is 5.34. The van der Waals surface area contributed by atoms with Gasteiger partial charge in [-0.1, -0.05) is 18.6 Å². The SMILES string of the molecule is CCNC(=NCc1cccc(C(=O)NC(C)(C)C)c1)NCC(C)(C)N1CCCCC1.I. The molecule has 0 aliphatic carbocycles. The Labute approximate surface area is 206 Å². The van der Waals surface area contributed by atoms with Crippen LogP contribution >= 0.6 is 24.0 Å². The fourth-order valence-corrected chi connectivity index (χ4v) is 3.65. The quantitative estimate of drug-likeness (QED) is 0.275. The number of likely N-dealkylation sites (tertiary alicyclic amines) is 1. The zero-order valence-electron chi connectivity index (χ0n) is 20.2. The number of benzene rings is 1. The highest BCUT2D eigenvalue weighted by Gasteiger charge is 2.27. The third kappa shape index (κ3) is 9.76. The van der Waals surface area contributed by atoms with Crippen molar-refractivity contribution in [2.24, 2.45) is 4.99 Å². The molecule has 2 rings (SSSR count). The molecule has 176 valence electrons. The minimum absolute atomic E-state index is 0. The fraction of sp³-hybridized carbons (Fsp3) is 0.667. The summed E-state index contributed by atoms with van der Waals surface area (Å²) in [5, 5.41) is 9.86. The van der Waals surface area contributed by atoms with E-state index in [1.807, 2.05) is 45.0 Å². The Hall–Kier alpha value is -1.35. The van der Waals surface area contributed by atoms with Gasteiger partial charge in [0.15, 0.2) is 5.96 Å². The summed E-state index contributed by atoms with van der Waals surface area (Å²) in [5.74, 6) is 0.758. The second kappa shape index (κ2) is 12.6. The van der Waals surface area contributed by atoms with E-state index in [1.54, 1.807) is 0 Å². The maximum absolute atomic E-state index is 12.4. The normalized spacial score (nSPS) is 15.7. The predicted octanol–water partition coefficient (Wildman–Crippen LogP) is 4.15. The molecule has 1 saturated heterocycles. The van der Waals surface area contributed by atoms with Crippen LogP contribution in [-0.4, -0.2) is 54.0 Å². The average Bonchev–Trinajstić information content (AvgIpc) is 2.70. The van der Waals surface area contributed by atoms with E-state index in [4.69, 9.17) is 4.99 Å². The summed E-state index contributed by atoms with van der Waals surface area (Å²) in [6.07, 6.45) is 3.92. The van der Waals surface area contributed by atoms with Gasteiger partial charge in [-0.15, -0.1) is 24.0 Å². The highest BCUT2D eigenvalue weighted by molar-refractivity contribution is 14.0. The van der Waals surface area contributed by atoms with Crippen molar-refractivity contribution < 1.29 is 4.79 Å². The molecule has 0 bridgehead atoms. The van der Waals surface area contributed by atoms with Crippen molar-refractivity contribution in [2.45, 2.75) is 78.4 Å². The first kappa shape index (κ1) is 27.7. The van der Waals surface area contributed by atoms with Crippen LogP contribution in [0.15, 0.2) is 29.3 Å². The van der Waals surface area contributed by atoms with Crippen LogP contribution in [0.1, 0.15) is 76.7 Å². The lowest BCUT2D eigenvalue weighted by molar-refractivity contribution is 0.0919. The van der Waals surface area contributed by atoms with Crippen LogP contribution in [0.2, 0.25) is 0 Å². The molecule has 0 saturated carbocycles. The molecule has 1 aliphatic rings. The van der Waals surface area contributed by atoms with E-state index in [2.05, 4.69) is 41.6 Å². The Bertz CT molecular complexity index is 721. The molecular weight excluding hydrogens is 501 g/mol. The van der Waals surface area contributed by atoms with Gasteiger partial charge in [0.05, 0.1) is 6.54 Å². The first-order valence-electron chi connectivity index (χ1n) is 11.3. The van der Waals surface area contributed by atoms with Gasteiger partial charge in [-0.2, -0.15) is 0 Å². The van der Waals surface area contributed by atoms with Crippen LogP contribution in [0.3, 0.4) is 0 Å². The van der Waals surface area contributed by atoms with Gasteiger partial charge in [-0.3, -0.25) is 9.69 Å². The summed E-state index contributed by atoms with van der Waals surface area (Å²) in [5.41, 5.74) is 1.52. The summed E-state index contributed by atoms with van der Waals surface area (Å²) in [6.45, 7) is 17.1. The topological polar surface area (TPSA) is 68.8 Å². The molecule has 1 aromatic carbocycles. The summed E-state index contributed by atoms with van der Waals surface area (Å²) in [7, 11) is 0. The zero-order chi connectivity index (χ0) is 22.2. The molecule has 0 aromatic heterocycles. The fourth-order valence-electron chi connectivity index (χ4n) is 3.65. The number of carbonyl (C=O) groups excluding carboxylic acids is 1. The van der Waals surface area contributed by atoms with E-state index >= 15 is 0 Å². The Balaban J connectivity index is 0.00000480. The molecule has 1 amide bonds. The molecule has 0 unspecified atom stereocenters. The van der Waals surface area contributed by atoms with Gasteiger partial charge in [-0.05, 0) is 85.2 Å². The molecule has 0 radical (unpaired) electrons. The molecule has 31 heavy (non-hydrogen) atoms. The van der Waals surface area contributed by atoms with Crippen LogP contribution in [0.25, 0.3) is 0 Å². The second-order valence-electron chi connectivity index (χ2n) is 9.81. The average molecular weight is 544 g/mol. The van der Waals surface area contributed by atoms with Gasteiger partial charge in [0.25, 0.3) is 5.91 Å². The van der Waals surface area contributed by atoms with Gasteiger partial charge in [0, 0.05) is 29.7 Å². The van der Waals surface area contributed by atoms with Gasteiger partial charge in [0.2, 0.25) is 0 Å². The van der Waals surface area contributed by atoms with E-state index in [0.29, 0.717) is 12.1 Å². The van der Waals surface area contributed by atoms with Crippen LogP contribution < -0.4 is 16.0 Å². The number of rotatable bonds is 7. The number of halogens is 1. The largest absolute Gasteiger partial charge is 0.357 e. The standard InChI is InChI=1S/C24H41N5O.HI/c1-7-25-22(27-18-24(5,6)29-14-9-8-10-15-29)26-17-19-12-11-13-20(16-19)21(30)28-23(2,3)4;/h11-13,16H,7-10,14-15,17-18H2,1-6H3,(H,28,30)(H2,25,26,27);1H. The summed E-state index contributed by atoms with van der Waals surface area (Å²) < 4.78 is 0. The van der Waals surface area contributed by atoms with Crippen LogP contribution in [0.4, 0.5) is 0 Å². The highest BCUT2D eigenvalue weighted by atomic mass is 127. The third-order valence-electron chi connectivity index (χ3n) is 5.34. The minimum Gasteiger partial charge on any atom is -0.357 e. The molecule has 1 fully saturated rings. The summed E-state index contributed by atoms with van der Waals surface area (Å²) in [4.78, 5) is 19.8. The molecule has 0 atom stereocenters. The molecule has 1 aromatic rings. The van der Waals surface area contributed by atoms with Crippen molar-refractivity contribution in [1.29, 1.82) is 0 Å². The maximum atomic E-state index is 12.4. The van der Waals surface area contributed by atoms with E-state index in [0.717, 1.165) is 24.6 Å². The highest BCUT2D eigenvalue weighted by Crippen LogP contribution is 2.19. The first-order valence-corrected chi connectivity index (χ1v) is 11.3. The zero-order valence-corrected chi connectivity index (χ0v) is 22.5. The maximum Gasteiger partial charge on any atom is 0.251 e. The number of piperidine rings is 1. The number of nitrogens with one attached hydrogen (secondary N) is 3. The van der Waals surface area contributed by atoms with Crippen molar-refractivity contribution in [3.05, 3.63) is 35.4 Å². The Morgan fingerprint density at radius 3 is 2.35 bits per heavy atom. The van der Waals surface area contributed by atoms with Crippen LogP contribution in [0.5, 0.6) is 0 Å². The van der Waals surface area contributed by atoms with Gasteiger partial charge in [0.1, 0.15) is 0 Å². The number of carbonyl (C=O) groups is 1. The Morgan fingerprint density at radius 2 is 1.74 bits per heavy atom. The van der Waals surface area contributed by atoms with Crippen molar-refractivity contribution in [3.8, 4) is 0 Å². The number of hydrogen-bond donors (Lipinski definition) is 3. The lowest BCUT2D eigenvalue weighted by Crippen LogP contribution is -2.54. The van der Waals surface area contributed by atoms with Gasteiger partial charge in [-0.25, -0.2) is 4.99 Å². The van der Waals surface area contributed by atoms with Gasteiger partial charge >= 0.3 is 0 Å². The second-order valence-corrected chi connectivity index (χ2v) is 9.81. The lowest BCUT2D eigenvalue weighted by atomic mass is 9.98. The predicted molar refractivity (Wildman–Crippen MR) is 141 cm³/mol. The van der Waals surface area contributed by atoms with Crippen molar-refractivity contribution >= 4 is 35.8 Å². The lowest BCUT2D eigenvalue weighted by Gasteiger charge is -2.41. The van der Waals surface area contributed by atoms with Crippen molar-refractivity contribution in [3.63, 3.8) is 0 Å². The monoisotopic (exact) mass is 543 g/mol. The van der Waals surface area contributed by atoms with E-state index in [-0.39, 0.29) is 41.0 Å². The van der Waals surface area contributed by atoms with Crippen LogP contribution in [0, 0.1) is 0 Å². The van der Waals surface area contributed by atoms with E-state index < -0.39 is 0 Å². The summed E-state index contributed by atoms with van der Waals surface area (Å²) >= 11 is 0. The number of amides is 1. The Morgan fingerprint density at radius 1 is 1.06 bits per heavy atom. The first-order chi connectivity index (χ1) is 14.1. The van der Waals surface area contributed by atoms with Crippen LogP contribution in [-0.2, 0) is 6.54 Å². The number of aliphatic imine (C=N–C) groups is 1. The van der Waals surface area contributed by atoms with Crippen molar-refractivity contribution in [1.82, 2.24) is 20.9 Å². The number of guanidine groups is 1. The molecule has 1 heterocycles. The Kier molecular flexibility index (Phi) is 11.3. The molecule has 6 nitrogen and oxygen atoms in total. The number of nitrogens with zero attached hydrogens (tertiary/aromatic N) is 2. The molecule has 7 heteroatoms. The molecule has 1 aliphatic heterocycles. The van der Waals surface area contributed by atoms with E-state index in [1.165, 1.54) is 32.4 Å². The molecular formula is C24H42IN5O. The molecule has 0 spiro atoms. The van der Waals surface area contributed by atoms with Gasteiger partial charge < -0.3 is 16.0 Å². The smallest absolute Gasteiger partial charge is 0.251 e. The number of hydrogen-bond acceptors (Lipinski definition) is 3. The summed E-state index contributed by atoms with van der Waals surface area (Å²) in [6, 6.07) is 7.70.